The summed E-state index contributed by atoms with van der Waals surface area (Å²) in [6.45, 7) is 0. The molecule has 2 aliphatic rings. The van der Waals surface area contributed by atoms with E-state index in [1.54, 1.807) is 12.1 Å². The van der Waals surface area contributed by atoms with Crippen LogP contribution >= 0.6 is 0 Å². The number of hydrogen-bond donors (Lipinski definition) is 2. The highest BCUT2D eigenvalue weighted by Gasteiger charge is 2.36. The Morgan fingerprint density at radius 1 is 1.09 bits per heavy atom. The monoisotopic (exact) mass is 321 g/mol. The molecule has 23 heavy (non-hydrogen) atoms. The molecular formula is C17H20FNO4. The van der Waals surface area contributed by atoms with Crippen LogP contribution in [0.1, 0.15) is 43.6 Å². The Balaban J connectivity index is 1.51. The largest absolute Gasteiger partial charge is 0.479 e. The summed E-state index contributed by atoms with van der Waals surface area (Å²) in [7, 11) is 0. The predicted molar refractivity (Wildman–Crippen MR) is 80.5 cm³/mol. The lowest BCUT2D eigenvalue weighted by Crippen LogP contribution is -2.40. The first-order chi connectivity index (χ1) is 11.0. The Bertz CT molecular complexity index is 589. The van der Waals surface area contributed by atoms with Crippen molar-refractivity contribution in [2.75, 3.05) is 0 Å². The Morgan fingerprint density at radius 2 is 1.78 bits per heavy atom. The highest BCUT2D eigenvalue weighted by molar-refractivity contribution is 5.82. The number of carboxylic acids is 1. The Kier molecular flexibility index (Phi) is 4.61. The van der Waals surface area contributed by atoms with E-state index < -0.39 is 18.2 Å². The Morgan fingerprint density at radius 3 is 2.43 bits per heavy atom. The van der Waals surface area contributed by atoms with Gasteiger partial charge in [0, 0.05) is 6.04 Å². The zero-order valence-corrected chi connectivity index (χ0v) is 12.7. The summed E-state index contributed by atoms with van der Waals surface area (Å²) in [4.78, 5) is 23.0. The fourth-order valence-corrected chi connectivity index (χ4v) is 3.46. The van der Waals surface area contributed by atoms with Crippen LogP contribution in [0, 0.1) is 5.82 Å². The van der Waals surface area contributed by atoms with Crippen molar-refractivity contribution in [1.29, 1.82) is 0 Å². The Labute approximate surface area is 133 Å². The minimum absolute atomic E-state index is 0.0602. The van der Waals surface area contributed by atoms with Crippen LogP contribution < -0.4 is 5.32 Å². The number of ether oxygens (including phenoxy) is 1. The number of carbonyl (C=O) groups is 2. The second-order valence-corrected chi connectivity index (χ2v) is 6.30. The predicted octanol–water partition coefficient (Wildman–Crippen LogP) is 2.21. The van der Waals surface area contributed by atoms with Crippen LogP contribution in [-0.2, 0) is 14.3 Å². The van der Waals surface area contributed by atoms with Gasteiger partial charge >= 0.3 is 5.97 Å². The molecule has 1 amide bonds. The summed E-state index contributed by atoms with van der Waals surface area (Å²) in [6.07, 6.45) is 1.89. The van der Waals surface area contributed by atoms with Crippen LogP contribution in [0.3, 0.4) is 0 Å². The highest BCUT2D eigenvalue weighted by atomic mass is 19.1. The number of nitrogens with one attached hydrogen (secondary N) is 1. The summed E-state index contributed by atoms with van der Waals surface area (Å²) in [5.41, 5.74) is 1.09. The van der Waals surface area contributed by atoms with E-state index >= 15 is 0 Å². The molecule has 4 atom stereocenters. The number of halogens is 1. The maximum atomic E-state index is 13.0. The average Bonchev–Trinajstić information content (AvgIpc) is 3.17. The molecule has 1 saturated heterocycles. The molecule has 2 unspecified atom stereocenters. The molecule has 0 bridgehead atoms. The van der Waals surface area contributed by atoms with Gasteiger partial charge < -0.3 is 15.2 Å². The van der Waals surface area contributed by atoms with Gasteiger partial charge in [-0.25, -0.2) is 9.18 Å². The zero-order valence-electron chi connectivity index (χ0n) is 12.7. The van der Waals surface area contributed by atoms with Crippen LogP contribution in [0.15, 0.2) is 24.3 Å². The lowest BCUT2D eigenvalue weighted by molar-refractivity contribution is -0.151. The number of aliphatic carboxylic acids is 1. The lowest BCUT2D eigenvalue weighted by Gasteiger charge is -2.17. The van der Waals surface area contributed by atoms with E-state index in [1.165, 1.54) is 12.1 Å². The second-order valence-electron chi connectivity index (χ2n) is 6.30. The van der Waals surface area contributed by atoms with Crippen molar-refractivity contribution < 1.29 is 23.8 Å². The third-order valence-corrected chi connectivity index (χ3v) is 4.71. The number of rotatable bonds is 4. The number of hydrogen-bond acceptors (Lipinski definition) is 3. The summed E-state index contributed by atoms with van der Waals surface area (Å²) in [6, 6.07) is 6.56. The minimum Gasteiger partial charge on any atom is -0.479 e. The van der Waals surface area contributed by atoms with E-state index in [0.29, 0.717) is 18.8 Å². The summed E-state index contributed by atoms with van der Waals surface area (Å²) >= 11 is 0. The van der Waals surface area contributed by atoms with E-state index in [4.69, 9.17) is 9.84 Å². The van der Waals surface area contributed by atoms with E-state index in [1.807, 2.05) is 0 Å². The van der Waals surface area contributed by atoms with Crippen molar-refractivity contribution in [1.82, 2.24) is 5.32 Å². The normalized spacial score (nSPS) is 30.3. The topological polar surface area (TPSA) is 75.6 Å². The molecule has 1 aliphatic carbocycles. The summed E-state index contributed by atoms with van der Waals surface area (Å²) in [5, 5.41) is 11.9. The molecular weight excluding hydrogens is 301 g/mol. The maximum Gasteiger partial charge on any atom is 0.332 e. The van der Waals surface area contributed by atoms with Gasteiger partial charge in [0.15, 0.2) is 6.10 Å². The van der Waals surface area contributed by atoms with Gasteiger partial charge in [-0.05, 0) is 55.7 Å². The number of amides is 1. The minimum atomic E-state index is -1.02. The van der Waals surface area contributed by atoms with Crippen LogP contribution in [-0.4, -0.2) is 35.2 Å². The molecule has 1 aliphatic heterocycles. The fourth-order valence-electron chi connectivity index (χ4n) is 3.46. The molecule has 2 N–H and O–H groups in total. The number of carboxylic acid groups (broad SMARTS) is 1. The highest BCUT2D eigenvalue weighted by Crippen LogP contribution is 2.34. The molecule has 1 aromatic carbocycles. The van der Waals surface area contributed by atoms with Gasteiger partial charge in [0.05, 0.1) is 0 Å². The van der Waals surface area contributed by atoms with Crippen molar-refractivity contribution in [3.8, 4) is 0 Å². The smallest absolute Gasteiger partial charge is 0.332 e. The van der Waals surface area contributed by atoms with E-state index in [2.05, 4.69) is 5.32 Å². The van der Waals surface area contributed by atoms with Crippen molar-refractivity contribution in [3.05, 3.63) is 35.6 Å². The number of carbonyl (C=O) groups excluding carboxylic acids is 1. The zero-order chi connectivity index (χ0) is 16.4. The first kappa shape index (κ1) is 15.9. The van der Waals surface area contributed by atoms with Crippen molar-refractivity contribution >= 4 is 11.9 Å². The first-order valence-corrected chi connectivity index (χ1v) is 7.97. The molecule has 5 nitrogen and oxygen atoms in total. The molecule has 2 fully saturated rings. The Hall–Kier alpha value is -1.95. The van der Waals surface area contributed by atoms with Crippen molar-refractivity contribution in [3.63, 3.8) is 0 Å². The molecule has 3 rings (SSSR count). The second kappa shape index (κ2) is 6.66. The molecule has 6 heteroatoms. The average molecular weight is 321 g/mol. The van der Waals surface area contributed by atoms with Crippen LogP contribution in [0.4, 0.5) is 4.39 Å². The van der Waals surface area contributed by atoms with E-state index in [0.717, 1.165) is 24.8 Å². The molecule has 1 heterocycles. The first-order valence-electron chi connectivity index (χ1n) is 7.97. The summed E-state index contributed by atoms with van der Waals surface area (Å²) < 4.78 is 18.2. The molecule has 0 spiro atoms. The molecule has 1 aromatic rings. The fraction of sp³-hybridized carbons (Fsp3) is 0.529. The summed E-state index contributed by atoms with van der Waals surface area (Å²) in [5.74, 6) is -1.17. The lowest BCUT2D eigenvalue weighted by atomic mass is 9.97. The van der Waals surface area contributed by atoms with Crippen LogP contribution in [0.25, 0.3) is 0 Å². The van der Waals surface area contributed by atoms with Gasteiger partial charge in [-0.1, -0.05) is 12.1 Å². The van der Waals surface area contributed by atoms with E-state index in [9.17, 15) is 14.0 Å². The molecule has 0 aromatic heterocycles. The SMILES string of the molecule is O=C(NC1CCC(c2ccc(F)cc2)C1)[C@@H]1CC[C@H](C(=O)O)O1. The molecule has 1 saturated carbocycles. The van der Waals surface area contributed by atoms with E-state index in [-0.39, 0.29) is 17.8 Å². The van der Waals surface area contributed by atoms with Crippen molar-refractivity contribution in [2.24, 2.45) is 0 Å². The van der Waals surface area contributed by atoms with Gasteiger partial charge in [-0.3, -0.25) is 4.79 Å². The third kappa shape index (κ3) is 3.69. The maximum absolute atomic E-state index is 13.0. The van der Waals surface area contributed by atoms with Gasteiger partial charge in [-0.15, -0.1) is 0 Å². The van der Waals surface area contributed by atoms with Gasteiger partial charge in [0.1, 0.15) is 11.9 Å². The molecule has 124 valence electrons. The third-order valence-electron chi connectivity index (χ3n) is 4.71. The van der Waals surface area contributed by atoms with Crippen LogP contribution in [0.2, 0.25) is 0 Å². The molecule has 0 radical (unpaired) electrons. The number of benzene rings is 1. The van der Waals surface area contributed by atoms with Crippen LogP contribution in [0.5, 0.6) is 0 Å². The van der Waals surface area contributed by atoms with Gasteiger partial charge in [0.2, 0.25) is 5.91 Å². The van der Waals surface area contributed by atoms with Gasteiger partial charge in [0.25, 0.3) is 0 Å². The standard InChI is InChI=1S/C17H20FNO4/c18-12-4-1-10(2-5-12)11-3-6-13(9-11)19-16(20)14-7-8-15(23-14)17(21)22/h1-2,4-5,11,13-15H,3,6-9H2,(H,19,20)(H,21,22)/t11?,13?,14-,15+/m0/s1. The van der Waals surface area contributed by atoms with Crippen molar-refractivity contribution in [2.45, 2.75) is 56.3 Å². The van der Waals surface area contributed by atoms with Gasteiger partial charge in [-0.2, -0.15) is 0 Å². The quantitative estimate of drug-likeness (QED) is 0.891.